The van der Waals surface area contributed by atoms with Crippen LogP contribution >= 0.6 is 0 Å². The van der Waals surface area contributed by atoms with Gasteiger partial charge in [-0.2, -0.15) is 0 Å². The Morgan fingerprint density at radius 2 is 1.92 bits per heavy atom. The number of hydrogen-bond acceptors (Lipinski definition) is 3. The van der Waals surface area contributed by atoms with Crippen molar-refractivity contribution in [1.29, 1.82) is 0 Å². The second-order valence-corrected chi connectivity index (χ2v) is 4.09. The van der Waals surface area contributed by atoms with E-state index < -0.39 is 11.7 Å². The monoisotopic (exact) mass is 186 g/mol. The minimum atomic E-state index is -0.618. The Kier molecular flexibility index (Phi) is 4.14. The van der Waals surface area contributed by atoms with Crippen molar-refractivity contribution < 1.29 is 14.6 Å². The highest BCUT2D eigenvalue weighted by atomic mass is 16.6. The predicted molar refractivity (Wildman–Crippen MR) is 51.3 cm³/mol. The lowest BCUT2D eigenvalue weighted by atomic mass is 10.2. The summed E-state index contributed by atoms with van der Waals surface area (Å²) in [5.41, 5.74) is -0.0462. The zero-order chi connectivity index (χ0) is 10.6. The maximum atomic E-state index is 11.3. The minimum Gasteiger partial charge on any atom is -0.457 e. The summed E-state index contributed by atoms with van der Waals surface area (Å²) in [4.78, 5) is 11.3. The Balaban J connectivity index is 4.29. The first-order valence-electron chi connectivity index (χ1n) is 4.32. The summed E-state index contributed by atoms with van der Waals surface area (Å²) in [6.45, 7) is 8.64. The molecule has 0 fully saturated rings. The minimum absolute atomic E-state index is 0.381. The number of aliphatic hydroxyl groups excluding tert-OH is 1. The topological polar surface area (TPSA) is 46.5 Å². The highest BCUT2D eigenvalue weighted by molar-refractivity contribution is 5.88. The second kappa shape index (κ2) is 4.42. The van der Waals surface area contributed by atoms with Gasteiger partial charge >= 0.3 is 5.97 Å². The van der Waals surface area contributed by atoms with E-state index in [2.05, 4.69) is 0 Å². The van der Waals surface area contributed by atoms with Crippen LogP contribution in [0.2, 0.25) is 0 Å². The number of carbonyl (C=O) groups is 1. The van der Waals surface area contributed by atoms with Crippen LogP contribution < -0.4 is 0 Å². The predicted octanol–water partition coefficient (Wildman–Crippen LogP) is 1.66. The SMILES string of the molecule is C/C(=C\[C@H](C)O)C(=O)OC(C)(C)C. The zero-order valence-electron chi connectivity index (χ0n) is 8.92. The van der Waals surface area contributed by atoms with E-state index >= 15 is 0 Å². The van der Waals surface area contributed by atoms with E-state index in [1.165, 1.54) is 6.08 Å². The normalized spacial score (nSPS) is 15.4. The molecule has 0 aromatic rings. The van der Waals surface area contributed by atoms with Crippen LogP contribution in [-0.4, -0.2) is 22.8 Å². The quantitative estimate of drug-likeness (QED) is 0.527. The van der Waals surface area contributed by atoms with Gasteiger partial charge in [-0.05, 0) is 40.7 Å². The molecular weight excluding hydrogens is 168 g/mol. The Morgan fingerprint density at radius 3 is 2.23 bits per heavy atom. The maximum absolute atomic E-state index is 11.3. The van der Waals surface area contributed by atoms with Crippen LogP contribution in [0.25, 0.3) is 0 Å². The molecule has 1 atom stereocenters. The van der Waals surface area contributed by atoms with Gasteiger partial charge in [0, 0.05) is 5.57 Å². The molecule has 0 aliphatic heterocycles. The third kappa shape index (κ3) is 6.34. The number of rotatable bonds is 2. The summed E-state index contributed by atoms with van der Waals surface area (Å²) in [6, 6.07) is 0. The lowest BCUT2D eigenvalue weighted by Crippen LogP contribution is -2.24. The van der Waals surface area contributed by atoms with Crippen LogP contribution in [0.15, 0.2) is 11.6 Å². The molecule has 0 aliphatic carbocycles. The van der Waals surface area contributed by atoms with Crippen molar-refractivity contribution in [2.75, 3.05) is 0 Å². The van der Waals surface area contributed by atoms with Gasteiger partial charge in [0.15, 0.2) is 0 Å². The van der Waals surface area contributed by atoms with E-state index in [0.717, 1.165) is 0 Å². The van der Waals surface area contributed by atoms with Gasteiger partial charge < -0.3 is 9.84 Å². The molecule has 0 saturated carbocycles. The molecule has 0 radical (unpaired) electrons. The standard InChI is InChI=1S/C10H18O3/c1-7(6-8(2)11)9(12)13-10(3,4)5/h6,8,11H,1-5H3/b7-6+/t8-/m0/s1. The lowest BCUT2D eigenvalue weighted by molar-refractivity contribution is -0.149. The van der Waals surface area contributed by atoms with Gasteiger partial charge in [-0.1, -0.05) is 0 Å². The van der Waals surface area contributed by atoms with Crippen molar-refractivity contribution >= 4 is 5.97 Å². The number of aliphatic hydroxyl groups is 1. The highest BCUT2D eigenvalue weighted by Crippen LogP contribution is 2.10. The van der Waals surface area contributed by atoms with E-state index in [9.17, 15) is 4.79 Å². The van der Waals surface area contributed by atoms with Gasteiger partial charge in [0.25, 0.3) is 0 Å². The molecule has 3 nitrogen and oxygen atoms in total. The number of ether oxygens (including phenoxy) is 1. The molecule has 13 heavy (non-hydrogen) atoms. The summed E-state index contributed by atoms with van der Waals surface area (Å²) in [5.74, 6) is -0.381. The fourth-order valence-electron chi connectivity index (χ4n) is 0.788. The average Bonchev–Trinajstić information content (AvgIpc) is 1.81. The summed E-state index contributed by atoms with van der Waals surface area (Å²) >= 11 is 0. The second-order valence-electron chi connectivity index (χ2n) is 4.09. The maximum Gasteiger partial charge on any atom is 0.334 e. The van der Waals surface area contributed by atoms with Crippen molar-refractivity contribution in [3.8, 4) is 0 Å². The van der Waals surface area contributed by atoms with Crippen molar-refractivity contribution in [3.63, 3.8) is 0 Å². The summed E-state index contributed by atoms with van der Waals surface area (Å²) in [6.07, 6.45) is 0.848. The first-order chi connectivity index (χ1) is 5.72. The van der Waals surface area contributed by atoms with Gasteiger partial charge in [0.1, 0.15) is 5.60 Å². The van der Waals surface area contributed by atoms with Crippen molar-refractivity contribution in [2.45, 2.75) is 46.3 Å². The molecule has 0 aliphatic rings. The lowest BCUT2D eigenvalue weighted by Gasteiger charge is -2.19. The van der Waals surface area contributed by atoms with Gasteiger partial charge in [-0.25, -0.2) is 4.79 Å². The third-order valence-corrected chi connectivity index (χ3v) is 1.21. The molecule has 3 heteroatoms. The Morgan fingerprint density at radius 1 is 1.46 bits per heavy atom. The van der Waals surface area contributed by atoms with Gasteiger partial charge in [0.2, 0.25) is 0 Å². The Labute approximate surface area is 79.4 Å². The summed E-state index contributed by atoms with van der Waals surface area (Å²) < 4.78 is 5.08. The van der Waals surface area contributed by atoms with Crippen molar-refractivity contribution in [1.82, 2.24) is 0 Å². The summed E-state index contributed by atoms with van der Waals surface area (Å²) in [5, 5.41) is 8.99. The van der Waals surface area contributed by atoms with Crippen LogP contribution in [0, 0.1) is 0 Å². The number of esters is 1. The smallest absolute Gasteiger partial charge is 0.334 e. The van der Waals surface area contributed by atoms with Crippen molar-refractivity contribution in [3.05, 3.63) is 11.6 Å². The van der Waals surface area contributed by atoms with Gasteiger partial charge in [0.05, 0.1) is 6.10 Å². The first kappa shape index (κ1) is 12.2. The van der Waals surface area contributed by atoms with E-state index in [0.29, 0.717) is 5.57 Å². The fraction of sp³-hybridized carbons (Fsp3) is 0.700. The molecule has 0 amide bonds. The van der Waals surface area contributed by atoms with Crippen molar-refractivity contribution in [2.24, 2.45) is 0 Å². The van der Waals surface area contributed by atoms with Gasteiger partial charge in [-0.3, -0.25) is 0 Å². The Hall–Kier alpha value is -0.830. The molecule has 0 aromatic heterocycles. The van der Waals surface area contributed by atoms with Crippen LogP contribution in [-0.2, 0) is 9.53 Å². The van der Waals surface area contributed by atoms with Crippen LogP contribution in [0.3, 0.4) is 0 Å². The van der Waals surface area contributed by atoms with E-state index in [-0.39, 0.29) is 5.97 Å². The van der Waals surface area contributed by atoms with Crippen LogP contribution in [0.1, 0.15) is 34.6 Å². The molecule has 0 rings (SSSR count). The van der Waals surface area contributed by atoms with E-state index in [1.807, 2.05) is 0 Å². The molecule has 76 valence electrons. The molecular formula is C10H18O3. The highest BCUT2D eigenvalue weighted by Gasteiger charge is 2.17. The third-order valence-electron chi connectivity index (χ3n) is 1.21. The molecule has 0 saturated heterocycles. The fourth-order valence-corrected chi connectivity index (χ4v) is 0.788. The van der Waals surface area contributed by atoms with Crippen LogP contribution in [0.4, 0.5) is 0 Å². The average molecular weight is 186 g/mol. The molecule has 0 bridgehead atoms. The first-order valence-corrected chi connectivity index (χ1v) is 4.32. The number of hydrogen-bond donors (Lipinski definition) is 1. The molecule has 0 unspecified atom stereocenters. The van der Waals surface area contributed by atoms with E-state index in [1.54, 1.807) is 34.6 Å². The summed E-state index contributed by atoms with van der Waals surface area (Å²) in [7, 11) is 0. The largest absolute Gasteiger partial charge is 0.457 e. The Bertz CT molecular complexity index is 209. The number of carbonyl (C=O) groups excluding carboxylic acids is 1. The molecule has 1 N–H and O–H groups in total. The van der Waals surface area contributed by atoms with E-state index in [4.69, 9.17) is 9.84 Å². The van der Waals surface area contributed by atoms with Gasteiger partial charge in [-0.15, -0.1) is 0 Å². The van der Waals surface area contributed by atoms with Crippen LogP contribution in [0.5, 0.6) is 0 Å². The zero-order valence-corrected chi connectivity index (χ0v) is 8.92. The molecule has 0 aromatic carbocycles. The molecule has 0 heterocycles. The molecule has 0 spiro atoms.